The quantitative estimate of drug-likeness (QED) is 0.820. The summed E-state index contributed by atoms with van der Waals surface area (Å²) in [7, 11) is 0. The molecule has 2 aromatic rings. The van der Waals surface area contributed by atoms with E-state index in [0.29, 0.717) is 23.9 Å². The van der Waals surface area contributed by atoms with E-state index in [9.17, 15) is 4.79 Å². The Bertz CT molecular complexity index is 507. The summed E-state index contributed by atoms with van der Waals surface area (Å²) < 4.78 is 1.69. The number of carboxylic acids is 1. The van der Waals surface area contributed by atoms with Gasteiger partial charge in [-0.05, 0) is 6.92 Å². The van der Waals surface area contributed by atoms with Crippen LogP contribution in [0.5, 0.6) is 0 Å². The topological polar surface area (TPSA) is 92.9 Å². The Morgan fingerprint density at radius 1 is 1.65 bits per heavy atom. The number of aryl methyl sites for hydroxylation is 1. The minimum Gasteiger partial charge on any atom is -0.477 e. The fraction of sp³-hybridized carbons (Fsp3) is 0.333. The van der Waals surface area contributed by atoms with E-state index in [0.717, 1.165) is 11.3 Å². The predicted molar refractivity (Wildman–Crippen MR) is 62.3 cm³/mol. The second-order valence-electron chi connectivity index (χ2n) is 3.33. The molecule has 0 aliphatic carbocycles. The van der Waals surface area contributed by atoms with Gasteiger partial charge in [-0.25, -0.2) is 9.78 Å². The number of nitrogens with zero attached hydrogens (tertiary/aromatic N) is 4. The lowest BCUT2D eigenvalue weighted by Crippen LogP contribution is -2.10. The molecule has 0 aliphatic heterocycles. The van der Waals surface area contributed by atoms with Crippen LogP contribution >= 0.6 is 11.3 Å². The van der Waals surface area contributed by atoms with Crippen molar-refractivity contribution < 1.29 is 9.90 Å². The van der Waals surface area contributed by atoms with E-state index in [1.807, 2.05) is 0 Å². The monoisotopic (exact) mass is 253 g/mol. The molecule has 0 fully saturated rings. The van der Waals surface area contributed by atoms with Gasteiger partial charge in [0, 0.05) is 12.7 Å². The molecule has 0 amide bonds. The van der Waals surface area contributed by atoms with Gasteiger partial charge in [0.1, 0.15) is 4.88 Å². The van der Waals surface area contributed by atoms with E-state index >= 15 is 0 Å². The second kappa shape index (κ2) is 4.91. The van der Waals surface area contributed by atoms with Crippen molar-refractivity contribution in [1.82, 2.24) is 20.0 Å². The summed E-state index contributed by atoms with van der Waals surface area (Å²) in [5.74, 6) is -0.940. The van der Waals surface area contributed by atoms with E-state index in [1.165, 1.54) is 0 Å². The molecule has 0 aliphatic rings. The largest absolute Gasteiger partial charge is 0.477 e. The number of hydrogen-bond donors (Lipinski definition) is 2. The first-order chi connectivity index (χ1) is 8.16. The summed E-state index contributed by atoms with van der Waals surface area (Å²) in [5, 5.41) is 20.0. The minimum atomic E-state index is -0.940. The molecule has 2 N–H and O–H groups in total. The van der Waals surface area contributed by atoms with E-state index < -0.39 is 5.97 Å². The first-order valence-electron chi connectivity index (χ1n) is 4.95. The Labute approximate surface area is 101 Å². The van der Waals surface area contributed by atoms with Gasteiger partial charge in [0.15, 0.2) is 5.13 Å². The average Bonchev–Trinajstić information content (AvgIpc) is 2.88. The third-order valence-electron chi connectivity index (χ3n) is 2.08. The van der Waals surface area contributed by atoms with Crippen molar-refractivity contribution in [2.45, 2.75) is 13.5 Å². The van der Waals surface area contributed by atoms with Crippen molar-refractivity contribution in [2.24, 2.45) is 0 Å². The van der Waals surface area contributed by atoms with Crippen LogP contribution in [0.25, 0.3) is 0 Å². The maximum Gasteiger partial charge on any atom is 0.347 e. The van der Waals surface area contributed by atoms with Gasteiger partial charge in [-0.3, -0.25) is 4.68 Å². The highest BCUT2D eigenvalue weighted by Crippen LogP contribution is 2.21. The summed E-state index contributed by atoms with van der Waals surface area (Å²) in [6, 6.07) is 0. The summed E-state index contributed by atoms with van der Waals surface area (Å²) in [4.78, 5) is 15.2. The van der Waals surface area contributed by atoms with Gasteiger partial charge in [0.2, 0.25) is 0 Å². The van der Waals surface area contributed by atoms with Crippen LogP contribution < -0.4 is 5.32 Å². The molecule has 0 unspecified atom stereocenters. The zero-order valence-electron chi connectivity index (χ0n) is 9.12. The molecule has 2 aromatic heterocycles. The molecule has 90 valence electrons. The molecular formula is C9H11N5O2S. The molecule has 0 radical (unpaired) electrons. The highest BCUT2D eigenvalue weighted by atomic mass is 32.1. The number of aromatic nitrogens is 4. The Morgan fingerprint density at radius 3 is 3.06 bits per heavy atom. The normalized spacial score (nSPS) is 10.4. The molecule has 2 rings (SSSR count). The molecule has 2 heterocycles. The van der Waals surface area contributed by atoms with E-state index in [4.69, 9.17) is 5.11 Å². The third-order valence-corrected chi connectivity index (χ3v) is 3.18. The van der Waals surface area contributed by atoms with Crippen LogP contribution in [0.4, 0.5) is 5.13 Å². The lowest BCUT2D eigenvalue weighted by molar-refractivity contribution is 0.0701. The molecule has 0 aromatic carbocycles. The molecule has 0 spiro atoms. The summed E-state index contributed by atoms with van der Waals surface area (Å²) in [5.41, 5.74) is 0.533. The third kappa shape index (κ3) is 2.78. The lowest BCUT2D eigenvalue weighted by atomic mass is 10.4. The first-order valence-corrected chi connectivity index (χ1v) is 5.77. The zero-order chi connectivity index (χ0) is 12.3. The van der Waals surface area contributed by atoms with Crippen LogP contribution in [0.3, 0.4) is 0 Å². The van der Waals surface area contributed by atoms with Gasteiger partial charge >= 0.3 is 5.97 Å². The molecule has 0 atom stereocenters. The van der Waals surface area contributed by atoms with Crippen molar-refractivity contribution in [1.29, 1.82) is 0 Å². The SMILES string of the molecule is Cc1nc(NCCn2ccnn2)sc1C(=O)O. The maximum absolute atomic E-state index is 10.8. The Kier molecular flexibility index (Phi) is 3.33. The zero-order valence-corrected chi connectivity index (χ0v) is 9.94. The van der Waals surface area contributed by atoms with Crippen molar-refractivity contribution >= 4 is 22.4 Å². The number of nitrogens with one attached hydrogen (secondary N) is 1. The maximum atomic E-state index is 10.8. The predicted octanol–water partition coefficient (Wildman–Crippen LogP) is 0.853. The molecule has 8 heteroatoms. The lowest BCUT2D eigenvalue weighted by Gasteiger charge is -2.01. The molecule has 0 saturated carbocycles. The fourth-order valence-corrected chi connectivity index (χ4v) is 2.13. The standard InChI is InChI=1S/C9H11N5O2S/c1-6-7(8(15)16)17-9(12-6)10-2-4-14-5-3-11-13-14/h3,5H,2,4H2,1H3,(H,10,12)(H,15,16). The molecular weight excluding hydrogens is 242 g/mol. The number of aromatic carboxylic acids is 1. The average molecular weight is 253 g/mol. The van der Waals surface area contributed by atoms with Crippen LogP contribution in [0.2, 0.25) is 0 Å². The number of anilines is 1. The highest BCUT2D eigenvalue weighted by molar-refractivity contribution is 7.17. The number of carboxylic acid groups (broad SMARTS) is 1. The Morgan fingerprint density at radius 2 is 2.47 bits per heavy atom. The van der Waals surface area contributed by atoms with Crippen LogP contribution in [0, 0.1) is 6.92 Å². The van der Waals surface area contributed by atoms with Crippen molar-refractivity contribution in [3.05, 3.63) is 23.0 Å². The van der Waals surface area contributed by atoms with Gasteiger partial charge < -0.3 is 10.4 Å². The molecule has 7 nitrogen and oxygen atoms in total. The van der Waals surface area contributed by atoms with E-state index in [1.54, 1.807) is 24.0 Å². The van der Waals surface area contributed by atoms with E-state index in [-0.39, 0.29) is 4.88 Å². The first kappa shape index (κ1) is 11.5. The van der Waals surface area contributed by atoms with Gasteiger partial charge in [0.05, 0.1) is 18.4 Å². The van der Waals surface area contributed by atoms with Crippen molar-refractivity contribution in [2.75, 3.05) is 11.9 Å². The van der Waals surface area contributed by atoms with Gasteiger partial charge in [-0.2, -0.15) is 0 Å². The van der Waals surface area contributed by atoms with Crippen molar-refractivity contribution in [3.8, 4) is 0 Å². The molecule has 17 heavy (non-hydrogen) atoms. The smallest absolute Gasteiger partial charge is 0.347 e. The summed E-state index contributed by atoms with van der Waals surface area (Å²) >= 11 is 1.14. The summed E-state index contributed by atoms with van der Waals surface area (Å²) in [6.45, 7) is 2.96. The van der Waals surface area contributed by atoms with Gasteiger partial charge in [-0.1, -0.05) is 16.6 Å². The number of thiazole rings is 1. The van der Waals surface area contributed by atoms with Gasteiger partial charge in [-0.15, -0.1) is 5.10 Å². The number of rotatable bonds is 5. The van der Waals surface area contributed by atoms with Crippen LogP contribution in [0.15, 0.2) is 12.4 Å². The van der Waals surface area contributed by atoms with Crippen LogP contribution in [-0.4, -0.2) is 37.6 Å². The Hall–Kier alpha value is -1.96. The molecule has 0 saturated heterocycles. The number of hydrogen-bond acceptors (Lipinski definition) is 6. The van der Waals surface area contributed by atoms with Crippen LogP contribution in [0.1, 0.15) is 15.4 Å². The number of carbonyl (C=O) groups is 1. The van der Waals surface area contributed by atoms with E-state index in [2.05, 4.69) is 20.6 Å². The minimum absolute atomic E-state index is 0.272. The second-order valence-corrected chi connectivity index (χ2v) is 4.33. The van der Waals surface area contributed by atoms with Gasteiger partial charge in [0.25, 0.3) is 0 Å². The molecule has 0 bridgehead atoms. The summed E-state index contributed by atoms with van der Waals surface area (Å²) in [6.07, 6.45) is 3.37. The fourth-order valence-electron chi connectivity index (χ4n) is 1.30. The highest BCUT2D eigenvalue weighted by Gasteiger charge is 2.13. The Balaban J connectivity index is 1.91. The van der Waals surface area contributed by atoms with Crippen molar-refractivity contribution in [3.63, 3.8) is 0 Å². The van der Waals surface area contributed by atoms with Crippen LogP contribution in [-0.2, 0) is 6.54 Å².